The zero-order valence-electron chi connectivity index (χ0n) is 14.8. The average molecular weight is 403 g/mol. The fourth-order valence-corrected chi connectivity index (χ4v) is 3.51. The molecule has 1 aliphatic heterocycles. The van der Waals surface area contributed by atoms with E-state index in [4.69, 9.17) is 22.6 Å². The minimum absolute atomic E-state index is 0.00481. The number of benzene rings is 1. The van der Waals surface area contributed by atoms with E-state index in [1.165, 1.54) is 6.20 Å². The van der Waals surface area contributed by atoms with E-state index in [0.29, 0.717) is 28.6 Å². The summed E-state index contributed by atoms with van der Waals surface area (Å²) in [5, 5.41) is 9.48. The second kappa shape index (κ2) is 7.00. The number of pyridine rings is 1. The van der Waals surface area contributed by atoms with Crippen molar-refractivity contribution in [2.24, 2.45) is 5.73 Å². The molecule has 1 aliphatic rings. The smallest absolute Gasteiger partial charge is 0.266 e. The average Bonchev–Trinajstić information content (AvgIpc) is 3.02. The summed E-state index contributed by atoms with van der Waals surface area (Å²) in [6, 6.07) is 9.57. The van der Waals surface area contributed by atoms with Gasteiger partial charge >= 0.3 is 0 Å². The van der Waals surface area contributed by atoms with Crippen molar-refractivity contribution in [2.45, 2.75) is 24.9 Å². The number of hydrogen-bond donors (Lipinski definition) is 1. The maximum absolute atomic E-state index is 13.8. The Morgan fingerprint density at radius 2 is 2.14 bits per heavy atom. The number of piperidine rings is 1. The normalized spacial score (nSPS) is 19.0. The molecule has 1 aromatic carbocycles. The lowest BCUT2D eigenvalue weighted by atomic mass is 10.0. The van der Waals surface area contributed by atoms with Crippen LogP contribution in [0.5, 0.6) is 0 Å². The lowest BCUT2D eigenvalue weighted by molar-refractivity contribution is -0.0395. The molecule has 0 amide bonds. The van der Waals surface area contributed by atoms with Crippen molar-refractivity contribution >= 4 is 28.6 Å². The molecule has 0 spiro atoms. The van der Waals surface area contributed by atoms with Gasteiger partial charge in [0.25, 0.3) is 5.92 Å². The monoisotopic (exact) mass is 402 g/mol. The standard InChI is InChI=1S/C19H17ClF2N6/c20-13-2-4-16-15(7-13)26-18(27-6-5-19(21,22)17(24)11-27)28(16)10-14-3-1-12(8-23)9-25-14/h1-4,7,9,17H,5-6,10-11,24H2/t17-/m1/s1. The summed E-state index contributed by atoms with van der Waals surface area (Å²) >= 11 is 6.10. The number of fused-ring (bicyclic) bond motifs is 1. The molecule has 4 rings (SSSR count). The van der Waals surface area contributed by atoms with Crippen LogP contribution in [0.1, 0.15) is 17.7 Å². The highest BCUT2D eigenvalue weighted by atomic mass is 35.5. The van der Waals surface area contributed by atoms with Gasteiger partial charge in [0.05, 0.1) is 34.9 Å². The van der Waals surface area contributed by atoms with Crippen LogP contribution < -0.4 is 10.6 Å². The Balaban J connectivity index is 1.75. The Labute approximate surface area is 165 Å². The van der Waals surface area contributed by atoms with Crippen LogP contribution in [0.3, 0.4) is 0 Å². The molecule has 9 heteroatoms. The number of nitriles is 1. The fraction of sp³-hybridized carbons (Fsp3) is 0.316. The first-order chi connectivity index (χ1) is 13.4. The maximum Gasteiger partial charge on any atom is 0.266 e. The van der Waals surface area contributed by atoms with E-state index >= 15 is 0 Å². The second-order valence-corrected chi connectivity index (χ2v) is 7.28. The maximum atomic E-state index is 13.8. The van der Waals surface area contributed by atoms with Crippen LogP contribution in [0.2, 0.25) is 5.02 Å². The zero-order valence-corrected chi connectivity index (χ0v) is 15.6. The number of alkyl halides is 2. The largest absolute Gasteiger partial charge is 0.340 e. The highest BCUT2D eigenvalue weighted by molar-refractivity contribution is 6.31. The van der Waals surface area contributed by atoms with Crippen LogP contribution in [0.4, 0.5) is 14.7 Å². The third kappa shape index (κ3) is 3.39. The summed E-state index contributed by atoms with van der Waals surface area (Å²) in [7, 11) is 0. The van der Waals surface area contributed by atoms with Crippen molar-refractivity contribution < 1.29 is 8.78 Å². The quantitative estimate of drug-likeness (QED) is 0.727. The van der Waals surface area contributed by atoms with E-state index in [9.17, 15) is 8.78 Å². The molecule has 144 valence electrons. The minimum atomic E-state index is -2.88. The fourth-order valence-electron chi connectivity index (χ4n) is 3.35. The number of aromatic nitrogens is 3. The van der Waals surface area contributed by atoms with Crippen molar-refractivity contribution in [2.75, 3.05) is 18.0 Å². The van der Waals surface area contributed by atoms with E-state index in [-0.39, 0.29) is 19.5 Å². The topological polar surface area (TPSA) is 83.8 Å². The lowest BCUT2D eigenvalue weighted by Gasteiger charge is -2.37. The first kappa shape index (κ1) is 18.6. The number of anilines is 1. The molecule has 0 aliphatic carbocycles. The molecule has 3 aromatic rings. The van der Waals surface area contributed by atoms with Crippen molar-refractivity contribution in [3.63, 3.8) is 0 Å². The molecule has 0 radical (unpaired) electrons. The highest BCUT2D eigenvalue weighted by Gasteiger charge is 2.42. The molecule has 0 bridgehead atoms. The molecule has 0 unspecified atom stereocenters. The van der Waals surface area contributed by atoms with Gasteiger partial charge in [-0.25, -0.2) is 13.8 Å². The number of imidazole rings is 1. The molecule has 1 fully saturated rings. The van der Waals surface area contributed by atoms with E-state index in [1.807, 2.05) is 16.7 Å². The van der Waals surface area contributed by atoms with Gasteiger partial charge in [0, 0.05) is 30.7 Å². The Hall–Kier alpha value is -2.76. The molecule has 1 atom stereocenters. The predicted octanol–water partition coefficient (Wildman–Crippen LogP) is 3.18. The van der Waals surface area contributed by atoms with Gasteiger partial charge in [-0.3, -0.25) is 4.98 Å². The van der Waals surface area contributed by atoms with Crippen molar-refractivity contribution in [1.82, 2.24) is 14.5 Å². The first-order valence-electron chi connectivity index (χ1n) is 8.76. The number of halogens is 3. The molecule has 3 heterocycles. The van der Waals surface area contributed by atoms with Crippen molar-refractivity contribution in [1.29, 1.82) is 5.26 Å². The van der Waals surface area contributed by atoms with Crippen LogP contribution in [0.15, 0.2) is 36.5 Å². The van der Waals surface area contributed by atoms with E-state index < -0.39 is 12.0 Å². The van der Waals surface area contributed by atoms with Gasteiger partial charge in [0.15, 0.2) is 0 Å². The molecule has 28 heavy (non-hydrogen) atoms. The number of hydrogen-bond acceptors (Lipinski definition) is 5. The van der Waals surface area contributed by atoms with Crippen LogP contribution in [0.25, 0.3) is 11.0 Å². The second-order valence-electron chi connectivity index (χ2n) is 6.84. The Bertz CT molecular complexity index is 1060. The van der Waals surface area contributed by atoms with Gasteiger partial charge in [-0.05, 0) is 30.3 Å². The van der Waals surface area contributed by atoms with E-state index in [1.54, 1.807) is 29.2 Å². The summed E-state index contributed by atoms with van der Waals surface area (Å²) in [4.78, 5) is 10.7. The molecule has 2 N–H and O–H groups in total. The van der Waals surface area contributed by atoms with E-state index in [2.05, 4.69) is 9.97 Å². The Morgan fingerprint density at radius 3 is 2.82 bits per heavy atom. The minimum Gasteiger partial charge on any atom is -0.340 e. The molecular weight excluding hydrogens is 386 g/mol. The number of nitrogens with zero attached hydrogens (tertiary/aromatic N) is 5. The van der Waals surface area contributed by atoms with Crippen LogP contribution in [-0.4, -0.2) is 39.6 Å². The van der Waals surface area contributed by atoms with Gasteiger partial charge in [0.1, 0.15) is 6.07 Å². The van der Waals surface area contributed by atoms with Gasteiger partial charge in [-0.1, -0.05) is 11.6 Å². The van der Waals surface area contributed by atoms with Crippen molar-refractivity contribution in [3.05, 3.63) is 52.8 Å². The van der Waals surface area contributed by atoms with Gasteiger partial charge in [0.2, 0.25) is 5.95 Å². The summed E-state index contributed by atoms with van der Waals surface area (Å²) in [5.74, 6) is -2.33. The zero-order chi connectivity index (χ0) is 19.9. The third-order valence-electron chi connectivity index (χ3n) is 4.92. The van der Waals surface area contributed by atoms with Crippen molar-refractivity contribution in [3.8, 4) is 6.07 Å². The molecular formula is C19H17ClF2N6. The Kier molecular flexibility index (Phi) is 4.65. The van der Waals surface area contributed by atoms with E-state index in [0.717, 1.165) is 11.2 Å². The van der Waals surface area contributed by atoms with Gasteiger partial charge in [-0.2, -0.15) is 5.26 Å². The van der Waals surface area contributed by atoms with Crippen LogP contribution in [-0.2, 0) is 6.54 Å². The first-order valence-corrected chi connectivity index (χ1v) is 9.14. The van der Waals surface area contributed by atoms with Gasteiger partial charge in [-0.15, -0.1) is 0 Å². The summed E-state index contributed by atoms with van der Waals surface area (Å²) < 4.78 is 29.6. The molecule has 1 saturated heterocycles. The number of rotatable bonds is 3. The molecule has 6 nitrogen and oxygen atoms in total. The summed E-state index contributed by atoms with van der Waals surface area (Å²) in [5.41, 5.74) is 8.38. The summed E-state index contributed by atoms with van der Waals surface area (Å²) in [6.45, 7) is 0.532. The SMILES string of the molecule is N#Cc1ccc(Cn2c(N3CCC(F)(F)[C@H](N)C3)nc3cc(Cl)ccc32)nc1. The molecule has 2 aromatic heterocycles. The number of nitrogens with two attached hydrogens (primary N) is 1. The highest BCUT2D eigenvalue weighted by Crippen LogP contribution is 2.32. The predicted molar refractivity (Wildman–Crippen MR) is 103 cm³/mol. The van der Waals surface area contributed by atoms with Crippen LogP contribution in [0, 0.1) is 11.3 Å². The lowest BCUT2D eigenvalue weighted by Crippen LogP contribution is -2.55. The van der Waals surface area contributed by atoms with Gasteiger partial charge < -0.3 is 15.2 Å². The molecule has 0 saturated carbocycles. The summed E-state index contributed by atoms with van der Waals surface area (Å²) in [6.07, 6.45) is 1.18. The Morgan fingerprint density at radius 1 is 1.32 bits per heavy atom. The van der Waals surface area contributed by atoms with Crippen LogP contribution >= 0.6 is 11.6 Å². The third-order valence-corrected chi connectivity index (χ3v) is 5.16.